The van der Waals surface area contributed by atoms with Gasteiger partial charge in [0.1, 0.15) is 12.1 Å². The van der Waals surface area contributed by atoms with Crippen LogP contribution in [-0.4, -0.2) is 28.8 Å². The molecule has 1 heterocycles. The highest BCUT2D eigenvalue weighted by Crippen LogP contribution is 2.39. The van der Waals surface area contributed by atoms with Gasteiger partial charge in [-0.05, 0) is 37.7 Å². The van der Waals surface area contributed by atoms with Crippen LogP contribution in [0.2, 0.25) is 0 Å². The number of rotatable bonds is 4. The zero-order valence-corrected chi connectivity index (χ0v) is 12.6. The Bertz CT molecular complexity index is 539. The van der Waals surface area contributed by atoms with Gasteiger partial charge in [-0.2, -0.15) is 0 Å². The van der Waals surface area contributed by atoms with Gasteiger partial charge < -0.3 is 10.2 Å². The van der Waals surface area contributed by atoms with Gasteiger partial charge in [0.15, 0.2) is 0 Å². The van der Waals surface area contributed by atoms with Crippen molar-refractivity contribution in [2.75, 3.05) is 0 Å². The number of nitrogens with one attached hydrogen (secondary N) is 1. The van der Waals surface area contributed by atoms with E-state index in [2.05, 4.69) is 12.2 Å². The van der Waals surface area contributed by atoms with Crippen LogP contribution in [0.1, 0.15) is 44.7 Å². The van der Waals surface area contributed by atoms with E-state index in [1.165, 1.54) is 0 Å². The van der Waals surface area contributed by atoms with Crippen molar-refractivity contribution in [1.82, 2.24) is 10.2 Å². The lowest BCUT2D eigenvalue weighted by Gasteiger charge is -2.42. The minimum absolute atomic E-state index is 0.00579. The van der Waals surface area contributed by atoms with Gasteiger partial charge in [0.2, 0.25) is 5.91 Å². The Labute approximate surface area is 125 Å². The van der Waals surface area contributed by atoms with Crippen LogP contribution >= 0.6 is 0 Å². The fourth-order valence-electron chi connectivity index (χ4n) is 3.11. The topological polar surface area (TPSA) is 49.4 Å². The zero-order chi connectivity index (χ0) is 15.0. The Hall–Kier alpha value is -1.84. The predicted molar refractivity (Wildman–Crippen MR) is 80.4 cm³/mol. The highest BCUT2D eigenvalue weighted by molar-refractivity contribution is 5.98. The van der Waals surface area contributed by atoms with Crippen LogP contribution in [0.25, 0.3) is 0 Å². The Kier molecular flexibility index (Phi) is 3.70. The van der Waals surface area contributed by atoms with Gasteiger partial charge in [0, 0.05) is 6.04 Å². The maximum Gasteiger partial charge on any atom is 0.250 e. The third-order valence-electron chi connectivity index (χ3n) is 4.62. The second-order valence-electron chi connectivity index (χ2n) is 6.14. The fourth-order valence-corrected chi connectivity index (χ4v) is 3.11. The maximum absolute atomic E-state index is 12.9. The van der Waals surface area contributed by atoms with E-state index in [-0.39, 0.29) is 23.9 Å². The first-order valence-electron chi connectivity index (χ1n) is 7.81. The minimum atomic E-state index is -0.539. The third kappa shape index (κ3) is 2.55. The van der Waals surface area contributed by atoms with Crippen molar-refractivity contribution in [3.8, 4) is 0 Å². The first-order valence-corrected chi connectivity index (χ1v) is 7.81. The van der Waals surface area contributed by atoms with E-state index >= 15 is 0 Å². The van der Waals surface area contributed by atoms with Gasteiger partial charge in [-0.1, -0.05) is 37.3 Å². The summed E-state index contributed by atoms with van der Waals surface area (Å²) in [5, 5.41) is 2.93. The first-order chi connectivity index (χ1) is 10.1. The molecule has 4 heteroatoms. The lowest BCUT2D eigenvalue weighted by Crippen LogP contribution is -2.62. The maximum atomic E-state index is 12.9. The SMILES string of the molecule is CCC(C)N1C(=O)C(c2ccccc2)NC(=O)C1C1CC1. The zero-order valence-electron chi connectivity index (χ0n) is 12.6. The molecular weight excluding hydrogens is 264 g/mol. The molecule has 3 unspecified atom stereocenters. The van der Waals surface area contributed by atoms with Gasteiger partial charge in [-0.25, -0.2) is 0 Å². The molecule has 1 saturated carbocycles. The summed E-state index contributed by atoms with van der Waals surface area (Å²) < 4.78 is 0. The van der Waals surface area contributed by atoms with Crippen molar-refractivity contribution in [2.45, 2.75) is 51.2 Å². The summed E-state index contributed by atoms with van der Waals surface area (Å²) in [6, 6.07) is 8.79. The number of hydrogen-bond donors (Lipinski definition) is 1. The largest absolute Gasteiger partial charge is 0.339 e. The Morgan fingerprint density at radius 1 is 1.24 bits per heavy atom. The minimum Gasteiger partial charge on any atom is -0.339 e. The number of benzene rings is 1. The van der Waals surface area contributed by atoms with Gasteiger partial charge in [-0.3, -0.25) is 9.59 Å². The van der Waals surface area contributed by atoms with Crippen LogP contribution in [0.4, 0.5) is 0 Å². The van der Waals surface area contributed by atoms with Crippen LogP contribution in [0.15, 0.2) is 30.3 Å². The van der Waals surface area contributed by atoms with Crippen molar-refractivity contribution in [1.29, 1.82) is 0 Å². The summed E-state index contributed by atoms with van der Waals surface area (Å²) in [4.78, 5) is 27.3. The summed E-state index contributed by atoms with van der Waals surface area (Å²) in [5.74, 6) is 0.387. The van der Waals surface area contributed by atoms with Crippen LogP contribution in [-0.2, 0) is 9.59 Å². The number of carbonyl (C=O) groups is 2. The van der Waals surface area contributed by atoms with E-state index in [0.717, 1.165) is 24.8 Å². The average molecular weight is 286 g/mol. The number of hydrogen-bond acceptors (Lipinski definition) is 2. The highest BCUT2D eigenvalue weighted by Gasteiger charge is 2.49. The molecule has 0 bridgehead atoms. The van der Waals surface area contributed by atoms with Crippen LogP contribution in [0.3, 0.4) is 0 Å². The number of carbonyl (C=O) groups excluding carboxylic acids is 2. The van der Waals surface area contributed by atoms with E-state index in [1.807, 2.05) is 42.2 Å². The van der Waals surface area contributed by atoms with E-state index in [4.69, 9.17) is 0 Å². The number of nitrogens with zero attached hydrogens (tertiary/aromatic N) is 1. The molecule has 1 N–H and O–H groups in total. The molecular formula is C17H22N2O2. The molecule has 4 nitrogen and oxygen atoms in total. The normalized spacial score (nSPS) is 27.4. The van der Waals surface area contributed by atoms with E-state index in [0.29, 0.717) is 5.92 Å². The summed E-state index contributed by atoms with van der Waals surface area (Å²) in [6.07, 6.45) is 2.96. The first kappa shape index (κ1) is 14.1. The fraction of sp³-hybridized carbons (Fsp3) is 0.529. The standard InChI is InChI=1S/C17H22N2O2/c1-3-11(2)19-15(13-9-10-13)16(20)18-14(17(19)21)12-7-5-4-6-8-12/h4-8,11,13-15H,3,9-10H2,1-2H3,(H,18,20). The lowest BCUT2D eigenvalue weighted by molar-refractivity contribution is -0.153. The van der Waals surface area contributed by atoms with Crippen molar-refractivity contribution in [3.05, 3.63) is 35.9 Å². The van der Waals surface area contributed by atoms with Crippen LogP contribution < -0.4 is 5.32 Å². The molecule has 1 aliphatic heterocycles. The van der Waals surface area contributed by atoms with Crippen molar-refractivity contribution in [3.63, 3.8) is 0 Å². The Morgan fingerprint density at radius 3 is 2.48 bits per heavy atom. The molecule has 0 radical (unpaired) electrons. The molecule has 2 fully saturated rings. The molecule has 112 valence electrons. The van der Waals surface area contributed by atoms with Crippen molar-refractivity contribution in [2.24, 2.45) is 5.92 Å². The van der Waals surface area contributed by atoms with E-state index < -0.39 is 6.04 Å². The van der Waals surface area contributed by atoms with Crippen LogP contribution in [0, 0.1) is 5.92 Å². The molecule has 3 atom stereocenters. The summed E-state index contributed by atoms with van der Waals surface area (Å²) in [5.41, 5.74) is 0.860. The molecule has 0 aromatic heterocycles. The van der Waals surface area contributed by atoms with Gasteiger partial charge in [0.05, 0.1) is 0 Å². The number of piperazine rings is 1. The molecule has 3 rings (SSSR count). The molecule has 1 aliphatic carbocycles. The van der Waals surface area contributed by atoms with Gasteiger partial charge >= 0.3 is 0 Å². The monoisotopic (exact) mass is 286 g/mol. The molecule has 1 aromatic rings. The summed E-state index contributed by atoms with van der Waals surface area (Å²) in [7, 11) is 0. The molecule has 2 amide bonds. The molecule has 1 saturated heterocycles. The third-order valence-corrected chi connectivity index (χ3v) is 4.62. The van der Waals surface area contributed by atoms with Gasteiger partial charge in [0.25, 0.3) is 5.91 Å². The molecule has 0 spiro atoms. The van der Waals surface area contributed by atoms with Gasteiger partial charge in [-0.15, -0.1) is 0 Å². The lowest BCUT2D eigenvalue weighted by atomic mass is 9.96. The summed E-state index contributed by atoms with van der Waals surface area (Å²) in [6.45, 7) is 4.10. The second kappa shape index (κ2) is 5.51. The Morgan fingerprint density at radius 2 is 1.90 bits per heavy atom. The second-order valence-corrected chi connectivity index (χ2v) is 6.14. The molecule has 1 aromatic carbocycles. The molecule has 21 heavy (non-hydrogen) atoms. The highest BCUT2D eigenvalue weighted by atomic mass is 16.2. The van der Waals surface area contributed by atoms with Crippen molar-refractivity contribution >= 4 is 11.8 Å². The van der Waals surface area contributed by atoms with E-state index in [1.54, 1.807) is 0 Å². The van der Waals surface area contributed by atoms with E-state index in [9.17, 15) is 9.59 Å². The van der Waals surface area contributed by atoms with Crippen molar-refractivity contribution < 1.29 is 9.59 Å². The summed E-state index contributed by atoms with van der Waals surface area (Å²) >= 11 is 0. The quantitative estimate of drug-likeness (QED) is 0.923. The average Bonchev–Trinajstić information content (AvgIpc) is 3.33. The Balaban J connectivity index is 1.93. The molecule has 2 aliphatic rings. The predicted octanol–water partition coefficient (Wildman–Crippen LogP) is 2.26. The number of amides is 2. The smallest absolute Gasteiger partial charge is 0.250 e. The van der Waals surface area contributed by atoms with Crippen LogP contribution in [0.5, 0.6) is 0 Å².